The fourth-order valence-electron chi connectivity index (χ4n) is 3.79. The molecule has 2 unspecified atom stereocenters. The van der Waals surface area contributed by atoms with Gasteiger partial charge in [0.2, 0.25) is 0 Å². The van der Waals surface area contributed by atoms with Crippen LogP contribution in [0.25, 0.3) is 0 Å². The van der Waals surface area contributed by atoms with Gasteiger partial charge in [-0.05, 0) is 57.8 Å². The Bertz CT molecular complexity index is 443. The minimum atomic E-state index is -0.346. The van der Waals surface area contributed by atoms with Crippen LogP contribution in [0.15, 0.2) is 11.1 Å². The summed E-state index contributed by atoms with van der Waals surface area (Å²) in [6.07, 6.45) is 1.52. The maximum atomic E-state index is 12.4. The highest BCUT2D eigenvalue weighted by Gasteiger charge is 2.57. The number of ether oxygens (including phenoxy) is 2. The Morgan fingerprint density at radius 3 is 1.52 bits per heavy atom. The lowest BCUT2D eigenvalue weighted by Crippen LogP contribution is -2.24. The fourth-order valence-corrected chi connectivity index (χ4v) is 3.79. The lowest BCUT2D eigenvalue weighted by Gasteiger charge is -2.25. The van der Waals surface area contributed by atoms with E-state index in [1.165, 1.54) is 0 Å². The molecule has 0 heterocycles. The van der Waals surface area contributed by atoms with E-state index in [2.05, 4.69) is 13.8 Å². The summed E-state index contributed by atoms with van der Waals surface area (Å²) in [6, 6.07) is 0. The molecule has 0 spiro atoms. The molecular formula is C17H26O4. The highest BCUT2D eigenvalue weighted by Crippen LogP contribution is 2.60. The van der Waals surface area contributed by atoms with Gasteiger partial charge in [0, 0.05) is 0 Å². The van der Waals surface area contributed by atoms with Crippen molar-refractivity contribution in [2.75, 3.05) is 0 Å². The van der Waals surface area contributed by atoms with Gasteiger partial charge in [0.25, 0.3) is 0 Å². The zero-order valence-electron chi connectivity index (χ0n) is 13.9. The van der Waals surface area contributed by atoms with Gasteiger partial charge >= 0.3 is 11.9 Å². The number of hydrogen-bond acceptors (Lipinski definition) is 4. The van der Waals surface area contributed by atoms with Crippen molar-refractivity contribution < 1.29 is 19.1 Å². The highest BCUT2D eigenvalue weighted by atomic mass is 16.5. The quantitative estimate of drug-likeness (QED) is 0.747. The fraction of sp³-hybridized carbons (Fsp3) is 0.765. The molecule has 4 heteroatoms. The van der Waals surface area contributed by atoms with Crippen LogP contribution in [0.2, 0.25) is 0 Å². The normalized spacial score (nSPS) is 26.7. The zero-order chi connectivity index (χ0) is 15.9. The van der Waals surface area contributed by atoms with E-state index in [-0.39, 0.29) is 41.4 Å². The molecule has 0 aromatic rings. The van der Waals surface area contributed by atoms with E-state index in [4.69, 9.17) is 9.47 Å². The van der Waals surface area contributed by atoms with Crippen LogP contribution >= 0.6 is 0 Å². The van der Waals surface area contributed by atoms with E-state index in [1.54, 1.807) is 0 Å². The first-order valence-electron chi connectivity index (χ1n) is 7.82. The van der Waals surface area contributed by atoms with Crippen molar-refractivity contribution in [3.05, 3.63) is 11.1 Å². The second-order valence-electron chi connectivity index (χ2n) is 7.24. The number of rotatable bonds is 4. The molecule has 2 aliphatic carbocycles. The van der Waals surface area contributed by atoms with Crippen LogP contribution in [0.3, 0.4) is 0 Å². The minimum Gasteiger partial charge on any atom is -0.460 e. The van der Waals surface area contributed by atoms with Gasteiger partial charge in [-0.3, -0.25) is 0 Å². The van der Waals surface area contributed by atoms with Crippen molar-refractivity contribution in [3.63, 3.8) is 0 Å². The van der Waals surface area contributed by atoms with Crippen molar-refractivity contribution in [2.45, 2.75) is 66.6 Å². The topological polar surface area (TPSA) is 52.6 Å². The van der Waals surface area contributed by atoms with Gasteiger partial charge in [-0.25, -0.2) is 9.59 Å². The third-order valence-electron chi connectivity index (χ3n) is 4.65. The van der Waals surface area contributed by atoms with Gasteiger partial charge in [0.05, 0.1) is 23.4 Å². The second-order valence-corrected chi connectivity index (χ2v) is 7.24. The lowest BCUT2D eigenvalue weighted by molar-refractivity contribution is -0.146. The average Bonchev–Trinajstić information content (AvgIpc) is 2.74. The summed E-state index contributed by atoms with van der Waals surface area (Å²) in [7, 11) is 0. The number of carbonyl (C=O) groups is 2. The van der Waals surface area contributed by atoms with Crippen LogP contribution < -0.4 is 0 Å². The van der Waals surface area contributed by atoms with Crippen LogP contribution in [0.1, 0.15) is 54.4 Å². The summed E-state index contributed by atoms with van der Waals surface area (Å²) < 4.78 is 10.7. The van der Waals surface area contributed by atoms with E-state index in [9.17, 15) is 9.59 Å². The molecule has 2 rings (SSSR count). The first kappa shape index (κ1) is 16.1. The van der Waals surface area contributed by atoms with Crippen molar-refractivity contribution in [3.8, 4) is 0 Å². The van der Waals surface area contributed by atoms with Crippen molar-refractivity contribution in [2.24, 2.45) is 17.3 Å². The van der Waals surface area contributed by atoms with E-state index < -0.39 is 0 Å². The molecular weight excluding hydrogens is 268 g/mol. The molecule has 2 bridgehead atoms. The summed E-state index contributed by atoms with van der Waals surface area (Å²) in [5.74, 6) is -0.492. The van der Waals surface area contributed by atoms with Gasteiger partial charge in [-0.15, -0.1) is 0 Å². The SMILES string of the molecule is CC(C)OC(=O)C1=C(C(=O)OC(C)C)C2CCC1C2(C)C. The molecule has 21 heavy (non-hydrogen) atoms. The number of hydrogen-bond donors (Lipinski definition) is 0. The van der Waals surface area contributed by atoms with Gasteiger partial charge in [-0.1, -0.05) is 13.8 Å². The van der Waals surface area contributed by atoms with Gasteiger partial charge in [0.1, 0.15) is 0 Å². The lowest BCUT2D eigenvalue weighted by atomic mass is 9.79. The molecule has 1 saturated carbocycles. The Kier molecular flexibility index (Phi) is 4.18. The predicted octanol–water partition coefficient (Wildman–Crippen LogP) is 3.25. The van der Waals surface area contributed by atoms with Crippen LogP contribution in [0.5, 0.6) is 0 Å². The van der Waals surface area contributed by atoms with E-state index in [0.717, 1.165) is 12.8 Å². The summed E-state index contributed by atoms with van der Waals surface area (Å²) in [4.78, 5) is 24.9. The average molecular weight is 294 g/mol. The standard InChI is InChI=1S/C17H26O4/c1-9(2)20-15(18)13-11-7-8-12(17(11,5)6)14(13)16(19)21-10(3)4/h9-12H,7-8H2,1-6H3. The van der Waals surface area contributed by atoms with Crippen LogP contribution in [-0.4, -0.2) is 24.1 Å². The van der Waals surface area contributed by atoms with Gasteiger partial charge in [-0.2, -0.15) is 0 Å². The molecule has 2 aliphatic rings. The second kappa shape index (κ2) is 5.47. The maximum absolute atomic E-state index is 12.4. The predicted molar refractivity (Wildman–Crippen MR) is 79.5 cm³/mol. The number of esters is 2. The Balaban J connectivity index is 2.39. The van der Waals surface area contributed by atoms with Gasteiger partial charge in [0.15, 0.2) is 0 Å². The smallest absolute Gasteiger partial charge is 0.335 e. The number of fused-ring (bicyclic) bond motifs is 2. The Labute approximate surface area is 126 Å². The van der Waals surface area contributed by atoms with Crippen LogP contribution in [0, 0.1) is 17.3 Å². The van der Waals surface area contributed by atoms with Crippen molar-refractivity contribution in [1.82, 2.24) is 0 Å². The first-order chi connectivity index (χ1) is 9.66. The summed E-state index contributed by atoms with van der Waals surface area (Å²) in [5, 5.41) is 0. The van der Waals surface area contributed by atoms with Crippen LogP contribution in [-0.2, 0) is 19.1 Å². The largest absolute Gasteiger partial charge is 0.460 e. The Morgan fingerprint density at radius 2 is 1.24 bits per heavy atom. The molecule has 0 N–H and O–H groups in total. The highest BCUT2D eigenvalue weighted by molar-refractivity contribution is 6.03. The first-order valence-corrected chi connectivity index (χ1v) is 7.82. The molecule has 0 aromatic heterocycles. The van der Waals surface area contributed by atoms with E-state index >= 15 is 0 Å². The molecule has 4 nitrogen and oxygen atoms in total. The molecule has 1 fully saturated rings. The van der Waals surface area contributed by atoms with Crippen molar-refractivity contribution >= 4 is 11.9 Å². The van der Waals surface area contributed by atoms with Crippen molar-refractivity contribution in [1.29, 1.82) is 0 Å². The Morgan fingerprint density at radius 1 is 0.905 bits per heavy atom. The monoisotopic (exact) mass is 294 g/mol. The third kappa shape index (κ3) is 2.72. The van der Waals surface area contributed by atoms with Crippen LogP contribution in [0.4, 0.5) is 0 Å². The molecule has 0 amide bonds. The molecule has 0 aliphatic heterocycles. The summed E-state index contributed by atoms with van der Waals surface area (Å²) >= 11 is 0. The van der Waals surface area contributed by atoms with Gasteiger partial charge < -0.3 is 9.47 Å². The minimum absolute atomic E-state index is 0.0728. The molecule has 0 radical (unpaired) electrons. The molecule has 0 aromatic carbocycles. The van der Waals surface area contributed by atoms with E-state index in [0.29, 0.717) is 11.1 Å². The van der Waals surface area contributed by atoms with E-state index in [1.807, 2.05) is 27.7 Å². The number of carbonyl (C=O) groups excluding carboxylic acids is 2. The maximum Gasteiger partial charge on any atom is 0.335 e. The molecule has 2 atom stereocenters. The zero-order valence-corrected chi connectivity index (χ0v) is 13.9. The molecule has 0 saturated heterocycles. The Hall–Kier alpha value is -1.32. The summed E-state index contributed by atoms with van der Waals surface area (Å²) in [5.41, 5.74) is 1.06. The summed E-state index contributed by atoms with van der Waals surface area (Å²) in [6.45, 7) is 11.6. The molecule has 118 valence electrons. The third-order valence-corrected chi connectivity index (χ3v) is 4.65.